The molecule has 1 aromatic carbocycles. The van der Waals surface area contributed by atoms with Gasteiger partial charge >= 0.3 is 11.8 Å². The summed E-state index contributed by atoms with van der Waals surface area (Å²) < 4.78 is 0. The second-order valence-electron chi connectivity index (χ2n) is 4.12. The predicted octanol–water partition coefficient (Wildman–Crippen LogP) is 0.999. The lowest BCUT2D eigenvalue weighted by Crippen LogP contribution is -2.29. The Morgan fingerprint density at radius 1 is 1.05 bits per heavy atom. The highest BCUT2D eigenvalue weighted by Crippen LogP contribution is 2.13. The van der Waals surface area contributed by atoms with Gasteiger partial charge in [0.15, 0.2) is 0 Å². The topological polar surface area (TPSA) is 99.8 Å². The molecule has 0 aliphatic rings. The van der Waals surface area contributed by atoms with Gasteiger partial charge in [-0.2, -0.15) is 10.1 Å². The standard InChI is InChI=1S/C12H13N5O2/c1-7-3-8(2)5-9(4-7)15-10(18)11(19)16-12-13-6-14-17-12/h3-6H,1-2H3,(H,15,18)(H2,13,14,16,17,19). The van der Waals surface area contributed by atoms with Gasteiger partial charge in [0.1, 0.15) is 6.33 Å². The maximum Gasteiger partial charge on any atom is 0.316 e. The molecule has 98 valence electrons. The molecule has 0 spiro atoms. The minimum absolute atomic E-state index is 0.126. The molecule has 0 atom stereocenters. The van der Waals surface area contributed by atoms with E-state index >= 15 is 0 Å². The number of aromatic amines is 1. The van der Waals surface area contributed by atoms with E-state index in [1.165, 1.54) is 6.33 Å². The number of H-pyrrole nitrogens is 1. The smallest absolute Gasteiger partial charge is 0.316 e. The number of aryl methyl sites for hydroxylation is 2. The quantitative estimate of drug-likeness (QED) is 0.700. The van der Waals surface area contributed by atoms with E-state index in [-0.39, 0.29) is 5.95 Å². The number of benzene rings is 1. The van der Waals surface area contributed by atoms with Crippen molar-refractivity contribution >= 4 is 23.5 Å². The molecular weight excluding hydrogens is 246 g/mol. The van der Waals surface area contributed by atoms with Crippen LogP contribution in [-0.2, 0) is 9.59 Å². The van der Waals surface area contributed by atoms with Gasteiger partial charge < -0.3 is 5.32 Å². The first-order chi connectivity index (χ1) is 9.04. The Labute approximate surface area is 109 Å². The first kappa shape index (κ1) is 12.7. The molecule has 2 amide bonds. The van der Waals surface area contributed by atoms with Crippen molar-refractivity contribution < 1.29 is 9.59 Å². The predicted molar refractivity (Wildman–Crippen MR) is 69.6 cm³/mol. The number of aromatic nitrogens is 3. The number of anilines is 2. The summed E-state index contributed by atoms with van der Waals surface area (Å²) in [6, 6.07) is 5.55. The zero-order valence-corrected chi connectivity index (χ0v) is 10.5. The van der Waals surface area contributed by atoms with Crippen molar-refractivity contribution in [2.75, 3.05) is 10.6 Å². The van der Waals surface area contributed by atoms with Crippen LogP contribution in [0.25, 0.3) is 0 Å². The van der Waals surface area contributed by atoms with Crippen LogP contribution in [0.5, 0.6) is 0 Å². The third kappa shape index (κ3) is 3.38. The van der Waals surface area contributed by atoms with Crippen LogP contribution in [0.3, 0.4) is 0 Å². The second-order valence-corrected chi connectivity index (χ2v) is 4.12. The highest BCUT2D eigenvalue weighted by Gasteiger charge is 2.15. The first-order valence-corrected chi connectivity index (χ1v) is 5.60. The largest absolute Gasteiger partial charge is 0.318 e. The highest BCUT2D eigenvalue weighted by atomic mass is 16.2. The molecule has 1 heterocycles. The van der Waals surface area contributed by atoms with Crippen molar-refractivity contribution in [3.8, 4) is 0 Å². The van der Waals surface area contributed by atoms with Gasteiger partial charge in [0.05, 0.1) is 0 Å². The average Bonchev–Trinajstić information content (AvgIpc) is 2.80. The number of carbonyl (C=O) groups is 2. The van der Waals surface area contributed by atoms with Crippen molar-refractivity contribution in [2.45, 2.75) is 13.8 Å². The van der Waals surface area contributed by atoms with Gasteiger partial charge in [-0.25, -0.2) is 5.10 Å². The number of amides is 2. The molecule has 0 aliphatic carbocycles. The molecular formula is C12H13N5O2. The molecule has 0 fully saturated rings. The molecule has 1 aromatic heterocycles. The Balaban J connectivity index is 2.02. The Kier molecular flexibility index (Phi) is 3.56. The summed E-state index contributed by atoms with van der Waals surface area (Å²) in [4.78, 5) is 26.9. The lowest BCUT2D eigenvalue weighted by atomic mass is 10.1. The van der Waals surface area contributed by atoms with Crippen LogP contribution >= 0.6 is 0 Å². The molecule has 0 aliphatic heterocycles. The molecule has 2 aromatic rings. The number of hydrogen-bond acceptors (Lipinski definition) is 4. The fourth-order valence-electron chi connectivity index (χ4n) is 1.66. The molecule has 7 heteroatoms. The molecule has 0 saturated heterocycles. The van der Waals surface area contributed by atoms with E-state index < -0.39 is 11.8 Å². The fourth-order valence-corrected chi connectivity index (χ4v) is 1.66. The van der Waals surface area contributed by atoms with Gasteiger partial charge in [-0.3, -0.25) is 14.9 Å². The van der Waals surface area contributed by atoms with Crippen molar-refractivity contribution in [3.05, 3.63) is 35.7 Å². The molecule has 0 radical (unpaired) electrons. The second kappa shape index (κ2) is 5.30. The molecule has 2 rings (SSSR count). The van der Waals surface area contributed by atoms with Crippen molar-refractivity contribution in [3.63, 3.8) is 0 Å². The maximum atomic E-state index is 11.7. The third-order valence-electron chi connectivity index (χ3n) is 2.33. The van der Waals surface area contributed by atoms with Crippen LogP contribution in [-0.4, -0.2) is 27.0 Å². The molecule has 0 saturated carbocycles. The van der Waals surface area contributed by atoms with Crippen LogP contribution in [0.2, 0.25) is 0 Å². The van der Waals surface area contributed by atoms with E-state index in [9.17, 15) is 9.59 Å². The van der Waals surface area contributed by atoms with Gasteiger partial charge in [-0.05, 0) is 37.1 Å². The first-order valence-electron chi connectivity index (χ1n) is 5.60. The third-order valence-corrected chi connectivity index (χ3v) is 2.33. The number of nitrogens with zero attached hydrogens (tertiary/aromatic N) is 2. The Hall–Kier alpha value is -2.70. The zero-order valence-electron chi connectivity index (χ0n) is 10.5. The summed E-state index contributed by atoms with van der Waals surface area (Å²) in [5.41, 5.74) is 2.59. The maximum absolute atomic E-state index is 11.7. The van der Waals surface area contributed by atoms with Crippen molar-refractivity contribution in [1.29, 1.82) is 0 Å². The molecule has 7 nitrogen and oxygen atoms in total. The summed E-state index contributed by atoms with van der Waals surface area (Å²) in [6.07, 6.45) is 1.23. The SMILES string of the molecule is Cc1cc(C)cc(NC(=O)C(=O)Nc2ncn[nH]2)c1. The summed E-state index contributed by atoms with van der Waals surface area (Å²) in [5.74, 6) is -1.45. The van der Waals surface area contributed by atoms with E-state index in [2.05, 4.69) is 25.8 Å². The molecule has 0 bridgehead atoms. The fraction of sp³-hybridized carbons (Fsp3) is 0.167. The normalized spacial score (nSPS) is 10.0. The summed E-state index contributed by atoms with van der Waals surface area (Å²) in [7, 11) is 0. The van der Waals surface area contributed by atoms with Gasteiger partial charge in [-0.15, -0.1) is 0 Å². The van der Waals surface area contributed by atoms with E-state index in [0.29, 0.717) is 5.69 Å². The number of rotatable bonds is 2. The van der Waals surface area contributed by atoms with Crippen LogP contribution in [0.15, 0.2) is 24.5 Å². The average molecular weight is 259 g/mol. The Bertz CT molecular complexity index is 586. The Morgan fingerprint density at radius 2 is 1.68 bits per heavy atom. The van der Waals surface area contributed by atoms with E-state index in [4.69, 9.17) is 0 Å². The van der Waals surface area contributed by atoms with Crippen molar-refractivity contribution in [1.82, 2.24) is 15.2 Å². The zero-order chi connectivity index (χ0) is 13.8. The Morgan fingerprint density at radius 3 is 2.26 bits per heavy atom. The molecule has 19 heavy (non-hydrogen) atoms. The van der Waals surface area contributed by atoms with Crippen LogP contribution in [0.4, 0.5) is 11.6 Å². The van der Waals surface area contributed by atoms with Crippen LogP contribution in [0, 0.1) is 13.8 Å². The van der Waals surface area contributed by atoms with Gasteiger partial charge in [0.25, 0.3) is 0 Å². The van der Waals surface area contributed by atoms with E-state index in [1.54, 1.807) is 12.1 Å². The lowest BCUT2D eigenvalue weighted by Gasteiger charge is -2.06. The van der Waals surface area contributed by atoms with Gasteiger partial charge in [0.2, 0.25) is 5.95 Å². The summed E-state index contributed by atoms with van der Waals surface area (Å²) >= 11 is 0. The minimum atomic E-state index is -0.809. The van der Waals surface area contributed by atoms with E-state index in [1.807, 2.05) is 19.9 Å². The molecule has 0 unspecified atom stereocenters. The van der Waals surface area contributed by atoms with Gasteiger partial charge in [0, 0.05) is 5.69 Å². The van der Waals surface area contributed by atoms with Crippen LogP contribution < -0.4 is 10.6 Å². The number of carbonyl (C=O) groups excluding carboxylic acids is 2. The van der Waals surface area contributed by atoms with Crippen molar-refractivity contribution in [2.24, 2.45) is 0 Å². The monoisotopic (exact) mass is 259 g/mol. The summed E-state index contributed by atoms with van der Waals surface area (Å²) in [6.45, 7) is 3.83. The van der Waals surface area contributed by atoms with Crippen LogP contribution in [0.1, 0.15) is 11.1 Å². The number of nitrogens with one attached hydrogen (secondary N) is 3. The minimum Gasteiger partial charge on any atom is -0.318 e. The molecule has 3 N–H and O–H groups in total. The van der Waals surface area contributed by atoms with E-state index in [0.717, 1.165) is 11.1 Å². The highest BCUT2D eigenvalue weighted by molar-refractivity contribution is 6.43. The van der Waals surface area contributed by atoms with Gasteiger partial charge in [-0.1, -0.05) is 6.07 Å². The number of hydrogen-bond donors (Lipinski definition) is 3. The lowest BCUT2D eigenvalue weighted by molar-refractivity contribution is -0.133. The summed E-state index contributed by atoms with van der Waals surface area (Å²) in [5, 5.41) is 10.8.